The number of amides is 1. The minimum absolute atomic E-state index is 0.0896. The molecule has 0 radical (unpaired) electrons. The van der Waals surface area contributed by atoms with Crippen LogP contribution in [-0.2, 0) is 4.79 Å². The number of thiophene rings is 1. The number of anilines is 1. The molecular formula is C20H20FN5OS2. The molecule has 0 aliphatic heterocycles. The second-order valence-electron chi connectivity index (χ2n) is 7.05. The lowest BCUT2D eigenvalue weighted by Crippen LogP contribution is -2.15. The first-order valence-corrected chi connectivity index (χ1v) is 11.0. The second-order valence-corrected chi connectivity index (χ2v) is 9.19. The lowest BCUT2D eigenvalue weighted by Gasteiger charge is -2.10. The highest BCUT2D eigenvalue weighted by molar-refractivity contribution is 7.99. The Morgan fingerprint density at radius 3 is 2.76 bits per heavy atom. The van der Waals surface area contributed by atoms with Gasteiger partial charge in [0.2, 0.25) is 5.91 Å². The van der Waals surface area contributed by atoms with Crippen LogP contribution >= 0.6 is 23.1 Å². The molecule has 0 spiro atoms. The molecule has 0 saturated carbocycles. The molecule has 150 valence electrons. The average Bonchev–Trinajstić information content (AvgIpc) is 3.22. The number of nitrogens with zero attached hydrogens (tertiary/aromatic N) is 4. The number of aryl methyl sites for hydroxylation is 2. The number of carbonyl (C=O) groups excluding carboxylic acids is 1. The Hall–Kier alpha value is -2.52. The van der Waals surface area contributed by atoms with Crippen molar-refractivity contribution in [2.45, 2.75) is 38.8 Å². The van der Waals surface area contributed by atoms with E-state index in [4.69, 9.17) is 4.98 Å². The van der Waals surface area contributed by atoms with Crippen molar-refractivity contribution in [1.29, 1.82) is 0 Å². The van der Waals surface area contributed by atoms with E-state index in [9.17, 15) is 9.18 Å². The van der Waals surface area contributed by atoms with Gasteiger partial charge in [-0.2, -0.15) is 0 Å². The molecule has 0 unspecified atom stereocenters. The topological polar surface area (TPSA) is 72.2 Å². The van der Waals surface area contributed by atoms with Gasteiger partial charge in [0.15, 0.2) is 10.8 Å². The first kappa shape index (κ1) is 19.8. The molecular weight excluding hydrogens is 409 g/mol. The molecule has 0 atom stereocenters. The Balaban J connectivity index is 1.67. The number of fused-ring (bicyclic) bond motifs is 3. The molecule has 3 heterocycles. The fourth-order valence-electron chi connectivity index (χ4n) is 3.10. The van der Waals surface area contributed by atoms with Gasteiger partial charge in [-0.15, -0.1) is 21.5 Å². The van der Waals surface area contributed by atoms with E-state index in [0.717, 1.165) is 27.3 Å². The number of aromatic nitrogens is 4. The highest BCUT2D eigenvalue weighted by Crippen LogP contribution is 2.34. The molecule has 1 N–H and O–H groups in total. The Bertz CT molecular complexity index is 1230. The highest BCUT2D eigenvalue weighted by atomic mass is 32.2. The normalized spacial score (nSPS) is 11.7. The average molecular weight is 430 g/mol. The van der Waals surface area contributed by atoms with E-state index in [1.165, 1.54) is 28.8 Å². The maximum absolute atomic E-state index is 13.7. The van der Waals surface area contributed by atoms with Crippen molar-refractivity contribution < 1.29 is 9.18 Å². The summed E-state index contributed by atoms with van der Waals surface area (Å²) < 4.78 is 15.7. The Labute approximate surface area is 175 Å². The van der Waals surface area contributed by atoms with Crippen molar-refractivity contribution in [3.63, 3.8) is 0 Å². The van der Waals surface area contributed by atoms with Crippen LogP contribution < -0.4 is 5.32 Å². The molecule has 29 heavy (non-hydrogen) atoms. The first-order valence-electron chi connectivity index (χ1n) is 9.18. The summed E-state index contributed by atoms with van der Waals surface area (Å²) in [4.78, 5) is 19.3. The fraction of sp³-hybridized carbons (Fsp3) is 0.300. The molecule has 4 rings (SSSR count). The van der Waals surface area contributed by atoms with Gasteiger partial charge < -0.3 is 5.32 Å². The molecule has 0 aliphatic carbocycles. The van der Waals surface area contributed by atoms with Crippen LogP contribution in [0.15, 0.2) is 29.4 Å². The van der Waals surface area contributed by atoms with Crippen molar-refractivity contribution in [2.24, 2.45) is 0 Å². The summed E-state index contributed by atoms with van der Waals surface area (Å²) in [5.74, 6) is 0.338. The summed E-state index contributed by atoms with van der Waals surface area (Å²) in [5, 5.41) is 12.9. The molecule has 0 aliphatic rings. The summed E-state index contributed by atoms with van der Waals surface area (Å²) in [7, 11) is 0. The summed E-state index contributed by atoms with van der Waals surface area (Å²) in [6.07, 6.45) is 0. The maximum Gasteiger partial charge on any atom is 0.234 e. The van der Waals surface area contributed by atoms with Crippen molar-refractivity contribution >= 4 is 50.6 Å². The Kier molecular flexibility index (Phi) is 5.26. The maximum atomic E-state index is 13.7. The van der Waals surface area contributed by atoms with Crippen molar-refractivity contribution in [2.75, 3.05) is 11.1 Å². The number of halogens is 1. The standard InChI is InChI=1S/C20H20FN5OS2/c1-10(2)17-23-19-16(11(3)12(4)29-19)18-24-25-20(26(17)18)28-9-15(27)22-14-8-6-5-7-13(14)21/h5-8,10H,9H2,1-4H3,(H,22,27). The number of benzene rings is 1. The van der Waals surface area contributed by atoms with Gasteiger partial charge in [0.05, 0.1) is 16.8 Å². The number of rotatable bonds is 5. The van der Waals surface area contributed by atoms with E-state index < -0.39 is 5.82 Å². The van der Waals surface area contributed by atoms with Crippen molar-refractivity contribution in [3.05, 3.63) is 46.3 Å². The summed E-state index contributed by atoms with van der Waals surface area (Å²) >= 11 is 2.92. The van der Waals surface area contributed by atoms with E-state index in [2.05, 4.69) is 43.2 Å². The predicted molar refractivity (Wildman–Crippen MR) is 115 cm³/mol. The third-order valence-corrected chi connectivity index (χ3v) is 6.70. The minimum atomic E-state index is -0.462. The van der Waals surface area contributed by atoms with E-state index in [0.29, 0.717) is 5.16 Å². The smallest absolute Gasteiger partial charge is 0.234 e. The number of carbonyl (C=O) groups is 1. The third-order valence-electron chi connectivity index (χ3n) is 4.67. The van der Waals surface area contributed by atoms with Gasteiger partial charge in [-0.05, 0) is 31.5 Å². The first-order chi connectivity index (χ1) is 13.9. The molecule has 9 heteroatoms. The largest absolute Gasteiger partial charge is 0.323 e. The lowest BCUT2D eigenvalue weighted by molar-refractivity contribution is -0.113. The van der Waals surface area contributed by atoms with E-state index in [1.807, 2.05) is 4.40 Å². The van der Waals surface area contributed by atoms with Gasteiger partial charge in [-0.25, -0.2) is 9.37 Å². The van der Waals surface area contributed by atoms with Crippen molar-refractivity contribution in [3.8, 4) is 0 Å². The van der Waals surface area contributed by atoms with Gasteiger partial charge in [-0.1, -0.05) is 37.7 Å². The van der Waals surface area contributed by atoms with Crippen LogP contribution in [0.2, 0.25) is 0 Å². The van der Waals surface area contributed by atoms with Gasteiger partial charge in [0.25, 0.3) is 0 Å². The Morgan fingerprint density at radius 2 is 2.03 bits per heavy atom. The number of hydrogen-bond acceptors (Lipinski definition) is 6. The fourth-order valence-corrected chi connectivity index (χ4v) is 4.87. The number of nitrogens with one attached hydrogen (secondary N) is 1. The van der Waals surface area contributed by atoms with Crippen LogP contribution in [0, 0.1) is 19.7 Å². The number of thioether (sulfide) groups is 1. The molecule has 3 aromatic heterocycles. The third kappa shape index (κ3) is 3.60. The second kappa shape index (κ2) is 7.72. The van der Waals surface area contributed by atoms with Crippen molar-refractivity contribution in [1.82, 2.24) is 19.6 Å². The van der Waals surface area contributed by atoms with Crippen LogP contribution in [0.1, 0.15) is 36.0 Å². The minimum Gasteiger partial charge on any atom is -0.323 e. The molecule has 1 aromatic carbocycles. The zero-order chi connectivity index (χ0) is 20.7. The number of hydrogen-bond donors (Lipinski definition) is 1. The molecule has 4 aromatic rings. The zero-order valence-electron chi connectivity index (χ0n) is 16.5. The molecule has 0 saturated heterocycles. The molecule has 6 nitrogen and oxygen atoms in total. The molecule has 0 bridgehead atoms. The predicted octanol–water partition coefficient (Wildman–Crippen LogP) is 4.95. The van der Waals surface area contributed by atoms with Gasteiger partial charge in [0, 0.05) is 10.8 Å². The Morgan fingerprint density at radius 1 is 1.28 bits per heavy atom. The van der Waals surface area contributed by atoms with Gasteiger partial charge >= 0.3 is 0 Å². The van der Waals surface area contributed by atoms with E-state index in [1.54, 1.807) is 23.5 Å². The van der Waals surface area contributed by atoms with Crippen LogP contribution in [0.5, 0.6) is 0 Å². The van der Waals surface area contributed by atoms with E-state index in [-0.39, 0.29) is 23.3 Å². The summed E-state index contributed by atoms with van der Waals surface area (Å²) in [6, 6.07) is 6.10. The van der Waals surface area contributed by atoms with Crippen LogP contribution in [-0.4, -0.2) is 31.2 Å². The summed E-state index contributed by atoms with van der Waals surface area (Å²) in [5.41, 5.74) is 2.08. The monoisotopic (exact) mass is 429 g/mol. The highest BCUT2D eigenvalue weighted by Gasteiger charge is 2.21. The van der Waals surface area contributed by atoms with Gasteiger partial charge in [0.1, 0.15) is 16.5 Å². The zero-order valence-corrected chi connectivity index (χ0v) is 18.1. The van der Waals surface area contributed by atoms with Gasteiger partial charge in [-0.3, -0.25) is 9.20 Å². The summed E-state index contributed by atoms with van der Waals surface area (Å²) in [6.45, 7) is 8.28. The number of para-hydroxylation sites is 1. The molecule has 1 amide bonds. The quantitative estimate of drug-likeness (QED) is 0.455. The van der Waals surface area contributed by atoms with Crippen LogP contribution in [0.3, 0.4) is 0 Å². The lowest BCUT2D eigenvalue weighted by atomic mass is 10.2. The SMILES string of the molecule is Cc1sc2nc(C(C)C)n3c(SCC(=O)Nc4ccccc4F)nnc3c2c1C. The van der Waals surface area contributed by atoms with Crippen LogP contribution in [0.25, 0.3) is 15.9 Å². The van der Waals surface area contributed by atoms with E-state index >= 15 is 0 Å². The van der Waals surface area contributed by atoms with Crippen LogP contribution in [0.4, 0.5) is 10.1 Å². The molecule has 0 fully saturated rings.